The highest BCUT2D eigenvalue weighted by atomic mass is 16.5. The number of hydrogen-bond acceptors (Lipinski definition) is 4. The van der Waals surface area contributed by atoms with E-state index in [1.54, 1.807) is 14.0 Å². The molecule has 0 saturated carbocycles. The van der Waals surface area contributed by atoms with Crippen molar-refractivity contribution in [2.45, 2.75) is 19.5 Å². The van der Waals surface area contributed by atoms with E-state index in [2.05, 4.69) is 10.1 Å². The first-order valence-electron chi connectivity index (χ1n) is 5.12. The molecule has 0 fully saturated rings. The molecule has 4 heteroatoms. The van der Waals surface area contributed by atoms with Crippen LogP contribution in [0.1, 0.15) is 12.5 Å². The lowest BCUT2D eigenvalue weighted by molar-refractivity contribution is -0.142. The molecule has 0 spiro atoms. The van der Waals surface area contributed by atoms with Crippen molar-refractivity contribution in [1.29, 1.82) is 0 Å². The highest BCUT2D eigenvalue weighted by Crippen LogP contribution is 2.16. The van der Waals surface area contributed by atoms with Crippen molar-refractivity contribution in [2.24, 2.45) is 0 Å². The van der Waals surface area contributed by atoms with E-state index in [1.165, 1.54) is 7.11 Å². The minimum absolute atomic E-state index is 0.269. The molecular weight excluding hydrogens is 206 g/mol. The highest BCUT2D eigenvalue weighted by molar-refractivity contribution is 5.75. The van der Waals surface area contributed by atoms with Crippen LogP contribution in [0.25, 0.3) is 0 Å². The highest BCUT2D eigenvalue weighted by Gasteiger charge is 2.12. The van der Waals surface area contributed by atoms with Gasteiger partial charge in [0.25, 0.3) is 0 Å². The van der Waals surface area contributed by atoms with Gasteiger partial charge in [-0.05, 0) is 13.0 Å². The molecule has 0 saturated heterocycles. The van der Waals surface area contributed by atoms with Crippen LogP contribution in [0.2, 0.25) is 0 Å². The van der Waals surface area contributed by atoms with Crippen LogP contribution in [0, 0.1) is 0 Å². The lowest BCUT2D eigenvalue weighted by Crippen LogP contribution is -2.34. The Morgan fingerprint density at radius 1 is 1.38 bits per heavy atom. The largest absolute Gasteiger partial charge is 0.496 e. The maximum atomic E-state index is 11.2. The average Bonchev–Trinajstić information content (AvgIpc) is 2.35. The Morgan fingerprint density at radius 2 is 2.06 bits per heavy atom. The van der Waals surface area contributed by atoms with E-state index in [0.717, 1.165) is 11.3 Å². The van der Waals surface area contributed by atoms with Crippen molar-refractivity contribution in [3.63, 3.8) is 0 Å². The number of para-hydroxylation sites is 1. The minimum Gasteiger partial charge on any atom is -0.496 e. The van der Waals surface area contributed by atoms with Gasteiger partial charge in [0.15, 0.2) is 0 Å². The van der Waals surface area contributed by atoms with E-state index in [1.807, 2.05) is 24.3 Å². The van der Waals surface area contributed by atoms with E-state index >= 15 is 0 Å². The molecule has 0 heterocycles. The summed E-state index contributed by atoms with van der Waals surface area (Å²) in [7, 11) is 3.01. The van der Waals surface area contributed by atoms with Crippen LogP contribution in [0.4, 0.5) is 0 Å². The Bertz CT molecular complexity index is 352. The smallest absolute Gasteiger partial charge is 0.322 e. The van der Waals surface area contributed by atoms with Crippen LogP contribution in [0.15, 0.2) is 24.3 Å². The van der Waals surface area contributed by atoms with Crippen molar-refractivity contribution in [2.75, 3.05) is 14.2 Å². The summed E-state index contributed by atoms with van der Waals surface area (Å²) in [5.74, 6) is 0.543. The molecule has 88 valence electrons. The molecule has 4 nitrogen and oxygen atoms in total. The second-order valence-corrected chi connectivity index (χ2v) is 3.44. The molecule has 0 radical (unpaired) electrons. The summed E-state index contributed by atoms with van der Waals surface area (Å²) >= 11 is 0. The second kappa shape index (κ2) is 6.12. The zero-order valence-corrected chi connectivity index (χ0v) is 9.82. The molecule has 0 unspecified atom stereocenters. The van der Waals surface area contributed by atoms with Crippen molar-refractivity contribution >= 4 is 5.97 Å². The van der Waals surface area contributed by atoms with Gasteiger partial charge in [-0.3, -0.25) is 4.79 Å². The van der Waals surface area contributed by atoms with Gasteiger partial charge in [-0.25, -0.2) is 0 Å². The minimum atomic E-state index is -0.324. The van der Waals surface area contributed by atoms with Gasteiger partial charge < -0.3 is 14.8 Å². The Balaban J connectivity index is 2.57. The summed E-state index contributed by atoms with van der Waals surface area (Å²) in [6, 6.07) is 7.36. The van der Waals surface area contributed by atoms with Gasteiger partial charge in [-0.2, -0.15) is 0 Å². The summed E-state index contributed by atoms with van der Waals surface area (Å²) in [4.78, 5) is 11.2. The maximum Gasteiger partial charge on any atom is 0.322 e. The topological polar surface area (TPSA) is 47.6 Å². The number of hydrogen-bond donors (Lipinski definition) is 1. The van der Waals surface area contributed by atoms with Crippen molar-refractivity contribution < 1.29 is 14.3 Å². The van der Waals surface area contributed by atoms with E-state index in [9.17, 15) is 4.79 Å². The third-order valence-electron chi connectivity index (χ3n) is 2.35. The lowest BCUT2D eigenvalue weighted by atomic mass is 10.2. The summed E-state index contributed by atoms with van der Waals surface area (Å²) in [5, 5.41) is 3.07. The monoisotopic (exact) mass is 223 g/mol. The Labute approximate surface area is 95.6 Å². The van der Waals surface area contributed by atoms with Gasteiger partial charge in [-0.1, -0.05) is 18.2 Å². The molecule has 0 aliphatic rings. The van der Waals surface area contributed by atoms with E-state index < -0.39 is 0 Å². The van der Waals surface area contributed by atoms with Crippen LogP contribution < -0.4 is 10.1 Å². The van der Waals surface area contributed by atoms with Gasteiger partial charge in [0.05, 0.1) is 14.2 Å². The van der Waals surface area contributed by atoms with Gasteiger partial charge in [0.1, 0.15) is 11.8 Å². The molecule has 1 atom stereocenters. The number of methoxy groups -OCH3 is 2. The first-order chi connectivity index (χ1) is 7.69. The molecule has 1 N–H and O–H groups in total. The number of rotatable bonds is 5. The predicted octanol–water partition coefficient (Wildman–Crippen LogP) is 1.35. The lowest BCUT2D eigenvalue weighted by Gasteiger charge is -2.13. The molecule has 0 aliphatic heterocycles. The second-order valence-electron chi connectivity index (χ2n) is 3.44. The van der Waals surface area contributed by atoms with Gasteiger partial charge >= 0.3 is 5.97 Å². The average molecular weight is 223 g/mol. The molecule has 0 amide bonds. The van der Waals surface area contributed by atoms with Crippen LogP contribution in [0.5, 0.6) is 5.75 Å². The number of nitrogens with one attached hydrogen (secondary N) is 1. The molecule has 0 aromatic heterocycles. The quantitative estimate of drug-likeness (QED) is 0.765. The summed E-state index contributed by atoms with van der Waals surface area (Å²) in [5.41, 5.74) is 1.01. The number of carbonyl (C=O) groups is 1. The van der Waals surface area contributed by atoms with Crippen LogP contribution in [-0.2, 0) is 16.1 Å². The number of benzene rings is 1. The Morgan fingerprint density at radius 3 is 2.69 bits per heavy atom. The standard InChI is InChI=1S/C12H17NO3/c1-9(12(14)16-3)13-8-10-6-4-5-7-11(10)15-2/h4-7,9,13H,8H2,1-3H3/t9-/m0/s1. The van der Waals surface area contributed by atoms with Crippen LogP contribution in [0.3, 0.4) is 0 Å². The van der Waals surface area contributed by atoms with Crippen molar-refractivity contribution in [1.82, 2.24) is 5.32 Å². The van der Waals surface area contributed by atoms with Crippen LogP contribution >= 0.6 is 0 Å². The molecular formula is C12H17NO3. The third kappa shape index (κ3) is 3.24. The Kier molecular flexibility index (Phi) is 4.79. The third-order valence-corrected chi connectivity index (χ3v) is 2.35. The zero-order valence-electron chi connectivity index (χ0n) is 9.82. The zero-order chi connectivity index (χ0) is 12.0. The molecule has 1 aromatic carbocycles. The van der Waals surface area contributed by atoms with E-state index in [-0.39, 0.29) is 12.0 Å². The number of ether oxygens (including phenoxy) is 2. The summed E-state index contributed by atoms with van der Waals surface area (Å²) < 4.78 is 9.83. The predicted molar refractivity (Wildman–Crippen MR) is 61.3 cm³/mol. The summed E-state index contributed by atoms with van der Waals surface area (Å²) in [6.07, 6.45) is 0. The summed E-state index contributed by atoms with van der Waals surface area (Å²) in [6.45, 7) is 2.33. The Hall–Kier alpha value is -1.55. The first-order valence-corrected chi connectivity index (χ1v) is 5.12. The van der Waals surface area contributed by atoms with Crippen LogP contribution in [-0.4, -0.2) is 26.2 Å². The fourth-order valence-electron chi connectivity index (χ4n) is 1.37. The van der Waals surface area contributed by atoms with Gasteiger partial charge in [0.2, 0.25) is 0 Å². The SMILES string of the molecule is COC(=O)[C@H](C)NCc1ccccc1OC. The number of esters is 1. The maximum absolute atomic E-state index is 11.2. The molecule has 16 heavy (non-hydrogen) atoms. The molecule has 1 rings (SSSR count). The molecule has 0 aliphatic carbocycles. The van der Waals surface area contributed by atoms with Gasteiger partial charge in [0, 0.05) is 12.1 Å². The van der Waals surface area contributed by atoms with Crippen molar-refractivity contribution in [3.8, 4) is 5.75 Å². The normalized spacial score (nSPS) is 11.9. The first kappa shape index (κ1) is 12.5. The fraction of sp³-hybridized carbons (Fsp3) is 0.417. The molecule has 1 aromatic rings. The van der Waals surface area contributed by atoms with Gasteiger partial charge in [-0.15, -0.1) is 0 Å². The number of carbonyl (C=O) groups excluding carboxylic acids is 1. The fourth-order valence-corrected chi connectivity index (χ4v) is 1.37. The van der Waals surface area contributed by atoms with E-state index in [0.29, 0.717) is 6.54 Å². The molecule has 0 bridgehead atoms. The van der Waals surface area contributed by atoms with E-state index in [4.69, 9.17) is 4.74 Å². The van der Waals surface area contributed by atoms with Crippen molar-refractivity contribution in [3.05, 3.63) is 29.8 Å².